The van der Waals surface area contributed by atoms with Crippen molar-refractivity contribution in [3.63, 3.8) is 0 Å². The first kappa shape index (κ1) is 13.6. The number of nitrogens with zero attached hydrogens (tertiary/aromatic N) is 1. The third-order valence-corrected chi connectivity index (χ3v) is 4.16. The molecule has 1 aliphatic rings. The first-order chi connectivity index (χ1) is 8.41. The Labute approximate surface area is 111 Å². The normalized spacial score (nSPS) is 25.9. The van der Waals surface area contributed by atoms with E-state index in [1.165, 1.54) is 11.1 Å². The molecule has 0 saturated carbocycles. The molecule has 18 heavy (non-hydrogen) atoms. The lowest BCUT2D eigenvalue weighted by atomic mass is 9.94. The molecule has 2 atom stereocenters. The van der Waals surface area contributed by atoms with E-state index < -0.39 is 0 Å². The second-order valence-corrected chi connectivity index (χ2v) is 6.32. The van der Waals surface area contributed by atoms with E-state index >= 15 is 0 Å². The summed E-state index contributed by atoms with van der Waals surface area (Å²) >= 11 is 0. The fourth-order valence-electron chi connectivity index (χ4n) is 2.96. The van der Waals surface area contributed by atoms with Crippen LogP contribution in [0.1, 0.15) is 44.9 Å². The number of hydrogen-bond donors (Lipinski definition) is 1. The van der Waals surface area contributed by atoms with Gasteiger partial charge in [0, 0.05) is 30.7 Å². The molecule has 0 radical (unpaired) electrons. The van der Waals surface area contributed by atoms with E-state index in [9.17, 15) is 0 Å². The molecule has 0 amide bonds. The van der Waals surface area contributed by atoms with Crippen molar-refractivity contribution in [3.05, 3.63) is 35.4 Å². The number of rotatable bonds is 2. The highest BCUT2D eigenvalue weighted by atomic mass is 15.3. The van der Waals surface area contributed by atoms with Gasteiger partial charge in [0.1, 0.15) is 0 Å². The van der Waals surface area contributed by atoms with Crippen LogP contribution in [0.3, 0.4) is 0 Å². The molecule has 0 spiro atoms. The van der Waals surface area contributed by atoms with Crippen LogP contribution in [-0.4, -0.2) is 29.6 Å². The zero-order valence-electron chi connectivity index (χ0n) is 12.3. The Bertz CT molecular complexity index is 411. The van der Waals surface area contributed by atoms with Crippen LogP contribution in [0.25, 0.3) is 0 Å². The molecule has 2 heteroatoms. The lowest BCUT2D eigenvalue weighted by Crippen LogP contribution is -2.61. The van der Waals surface area contributed by atoms with Gasteiger partial charge >= 0.3 is 0 Å². The Morgan fingerprint density at radius 3 is 2.67 bits per heavy atom. The van der Waals surface area contributed by atoms with Crippen molar-refractivity contribution < 1.29 is 0 Å². The number of piperazine rings is 1. The smallest absolute Gasteiger partial charge is 0.0326 e. The molecule has 2 unspecified atom stereocenters. The lowest BCUT2D eigenvalue weighted by molar-refractivity contribution is 0.0687. The molecular formula is C16H26N2. The molecule has 1 fully saturated rings. The summed E-state index contributed by atoms with van der Waals surface area (Å²) in [7, 11) is 0. The van der Waals surface area contributed by atoms with Gasteiger partial charge in [-0.2, -0.15) is 0 Å². The van der Waals surface area contributed by atoms with Gasteiger partial charge in [0.25, 0.3) is 0 Å². The van der Waals surface area contributed by atoms with Crippen LogP contribution in [0.5, 0.6) is 0 Å². The maximum absolute atomic E-state index is 3.62. The van der Waals surface area contributed by atoms with E-state index in [0.29, 0.717) is 12.1 Å². The second-order valence-electron chi connectivity index (χ2n) is 6.32. The summed E-state index contributed by atoms with van der Waals surface area (Å²) in [6.45, 7) is 13.6. The van der Waals surface area contributed by atoms with E-state index in [2.05, 4.69) is 69.1 Å². The number of benzene rings is 1. The minimum atomic E-state index is 0.212. The summed E-state index contributed by atoms with van der Waals surface area (Å²) in [5, 5.41) is 3.62. The fraction of sp³-hybridized carbons (Fsp3) is 0.625. The highest BCUT2D eigenvalue weighted by Gasteiger charge is 2.33. The Hall–Kier alpha value is -0.860. The van der Waals surface area contributed by atoms with Crippen molar-refractivity contribution in [2.75, 3.05) is 13.1 Å². The summed E-state index contributed by atoms with van der Waals surface area (Å²) in [6, 6.07) is 9.83. The van der Waals surface area contributed by atoms with E-state index in [1.54, 1.807) is 0 Å². The molecule has 1 aromatic rings. The second kappa shape index (κ2) is 5.02. The molecule has 1 saturated heterocycles. The Morgan fingerprint density at radius 2 is 2.00 bits per heavy atom. The molecule has 0 aliphatic carbocycles. The highest BCUT2D eigenvalue weighted by molar-refractivity contribution is 5.28. The Balaban J connectivity index is 2.22. The van der Waals surface area contributed by atoms with Crippen molar-refractivity contribution in [1.29, 1.82) is 0 Å². The first-order valence-electron chi connectivity index (χ1n) is 6.97. The predicted octanol–water partition coefficient (Wildman–Crippen LogP) is 3.13. The van der Waals surface area contributed by atoms with Crippen molar-refractivity contribution in [2.24, 2.45) is 0 Å². The molecule has 2 nitrogen and oxygen atoms in total. The molecule has 1 N–H and O–H groups in total. The summed E-state index contributed by atoms with van der Waals surface area (Å²) in [6.07, 6.45) is 0. The van der Waals surface area contributed by atoms with Gasteiger partial charge in [-0.3, -0.25) is 4.90 Å². The maximum atomic E-state index is 3.62. The van der Waals surface area contributed by atoms with Crippen LogP contribution in [0.2, 0.25) is 0 Å². The molecule has 0 aromatic heterocycles. The van der Waals surface area contributed by atoms with Crippen LogP contribution >= 0.6 is 0 Å². The molecule has 0 bridgehead atoms. The summed E-state index contributed by atoms with van der Waals surface area (Å²) in [5.41, 5.74) is 3.07. The SMILES string of the molecule is Cc1ccccc1C(C)N1CC(C)(C)NCC1C. The standard InChI is InChI=1S/C16H26N2/c1-12-8-6-7-9-15(12)14(3)18-11-16(4,5)17-10-13(18)2/h6-9,13-14,17H,10-11H2,1-5H3. The van der Waals surface area contributed by atoms with Crippen LogP contribution in [0, 0.1) is 6.92 Å². The Morgan fingerprint density at radius 1 is 1.33 bits per heavy atom. The number of aryl methyl sites for hydroxylation is 1. The van der Waals surface area contributed by atoms with E-state index in [4.69, 9.17) is 0 Å². The highest BCUT2D eigenvalue weighted by Crippen LogP contribution is 2.28. The van der Waals surface area contributed by atoms with E-state index in [-0.39, 0.29) is 5.54 Å². The van der Waals surface area contributed by atoms with Gasteiger partial charge in [-0.15, -0.1) is 0 Å². The molecule has 1 heterocycles. The van der Waals surface area contributed by atoms with Gasteiger partial charge in [-0.1, -0.05) is 24.3 Å². The quantitative estimate of drug-likeness (QED) is 0.862. The van der Waals surface area contributed by atoms with Crippen molar-refractivity contribution in [3.8, 4) is 0 Å². The van der Waals surface area contributed by atoms with Crippen molar-refractivity contribution in [2.45, 2.75) is 52.2 Å². The van der Waals surface area contributed by atoms with Crippen LogP contribution in [0.15, 0.2) is 24.3 Å². The molecule has 2 rings (SSSR count). The number of nitrogens with one attached hydrogen (secondary N) is 1. The third-order valence-electron chi connectivity index (χ3n) is 4.16. The van der Waals surface area contributed by atoms with Gasteiger partial charge < -0.3 is 5.32 Å². The van der Waals surface area contributed by atoms with Gasteiger partial charge in [0.2, 0.25) is 0 Å². The van der Waals surface area contributed by atoms with Crippen LogP contribution in [0.4, 0.5) is 0 Å². The molecule has 1 aliphatic heterocycles. The minimum absolute atomic E-state index is 0.212. The Kier molecular flexibility index (Phi) is 3.79. The van der Waals surface area contributed by atoms with Gasteiger partial charge in [0.15, 0.2) is 0 Å². The monoisotopic (exact) mass is 246 g/mol. The summed E-state index contributed by atoms with van der Waals surface area (Å²) in [4.78, 5) is 2.62. The van der Waals surface area contributed by atoms with Crippen molar-refractivity contribution in [1.82, 2.24) is 10.2 Å². The van der Waals surface area contributed by atoms with E-state index in [1.807, 2.05) is 0 Å². The first-order valence-corrected chi connectivity index (χ1v) is 6.97. The minimum Gasteiger partial charge on any atom is -0.309 e. The maximum Gasteiger partial charge on any atom is 0.0326 e. The van der Waals surface area contributed by atoms with Gasteiger partial charge in [0.05, 0.1) is 0 Å². The van der Waals surface area contributed by atoms with Gasteiger partial charge in [-0.05, 0) is 45.7 Å². The van der Waals surface area contributed by atoms with Crippen LogP contribution < -0.4 is 5.32 Å². The topological polar surface area (TPSA) is 15.3 Å². The van der Waals surface area contributed by atoms with E-state index in [0.717, 1.165) is 13.1 Å². The molecule has 1 aromatic carbocycles. The van der Waals surface area contributed by atoms with Crippen molar-refractivity contribution >= 4 is 0 Å². The average Bonchev–Trinajstić information content (AvgIpc) is 2.32. The summed E-state index contributed by atoms with van der Waals surface area (Å²) < 4.78 is 0. The fourth-order valence-corrected chi connectivity index (χ4v) is 2.96. The zero-order chi connectivity index (χ0) is 13.3. The lowest BCUT2D eigenvalue weighted by Gasteiger charge is -2.46. The third kappa shape index (κ3) is 2.76. The average molecular weight is 246 g/mol. The summed E-state index contributed by atoms with van der Waals surface area (Å²) in [5.74, 6) is 0. The zero-order valence-corrected chi connectivity index (χ0v) is 12.3. The molecular weight excluding hydrogens is 220 g/mol. The number of hydrogen-bond acceptors (Lipinski definition) is 2. The van der Waals surface area contributed by atoms with Gasteiger partial charge in [-0.25, -0.2) is 0 Å². The predicted molar refractivity (Wildman–Crippen MR) is 77.8 cm³/mol. The van der Waals surface area contributed by atoms with Crippen LogP contribution in [-0.2, 0) is 0 Å². The largest absolute Gasteiger partial charge is 0.309 e. The molecule has 100 valence electrons.